The minimum Gasteiger partial charge on any atom is -0.273 e. The molecule has 0 spiro atoms. The summed E-state index contributed by atoms with van der Waals surface area (Å²) in [6.07, 6.45) is 1.31. The molecule has 1 aromatic rings. The highest BCUT2D eigenvalue weighted by Gasteiger charge is 2.25. The average molecular weight is 283 g/mol. The number of sulfonamides is 1. The van der Waals surface area contributed by atoms with E-state index < -0.39 is 27.1 Å². The van der Waals surface area contributed by atoms with E-state index in [4.69, 9.17) is 0 Å². The van der Waals surface area contributed by atoms with Gasteiger partial charge in [-0.25, -0.2) is 8.42 Å². The van der Waals surface area contributed by atoms with Gasteiger partial charge in [0.25, 0.3) is 0 Å². The van der Waals surface area contributed by atoms with Crippen LogP contribution in [0.25, 0.3) is 0 Å². The largest absolute Gasteiger partial charge is 0.273 e. The average Bonchev–Trinajstić information content (AvgIpc) is 2.38. The number of carbonyl (C=O) groups excluding carboxylic acids is 1. The van der Waals surface area contributed by atoms with Crippen LogP contribution >= 0.6 is 0 Å². The predicted molar refractivity (Wildman–Crippen MR) is 76.3 cm³/mol. The lowest BCUT2D eigenvalue weighted by Gasteiger charge is -2.16. The second-order valence-electron chi connectivity index (χ2n) is 4.74. The quantitative estimate of drug-likeness (QED) is 0.872. The van der Waals surface area contributed by atoms with Crippen molar-refractivity contribution in [2.24, 2.45) is 0 Å². The van der Waals surface area contributed by atoms with Gasteiger partial charge in [-0.1, -0.05) is 43.7 Å². The van der Waals surface area contributed by atoms with Gasteiger partial charge in [-0.05, 0) is 25.8 Å². The standard InChI is InChI=1S/C14H21NO3S/c1-4-8-11(2)19(17,18)15-14(16)12(3)13-9-6-5-7-10-13/h5-7,9-12H,4,8H2,1-3H3,(H,15,16)/t11-,12-/m0/s1. The third-order valence-corrected chi connectivity index (χ3v) is 4.94. The van der Waals surface area contributed by atoms with E-state index in [0.717, 1.165) is 12.0 Å². The first-order valence-electron chi connectivity index (χ1n) is 6.49. The molecule has 0 aliphatic rings. The first-order chi connectivity index (χ1) is 8.88. The molecule has 0 aromatic heterocycles. The minimum absolute atomic E-state index is 0.478. The van der Waals surface area contributed by atoms with E-state index in [1.807, 2.05) is 37.3 Å². The topological polar surface area (TPSA) is 63.2 Å². The number of rotatable bonds is 6. The van der Waals surface area contributed by atoms with Gasteiger partial charge in [-0.15, -0.1) is 0 Å². The van der Waals surface area contributed by atoms with Gasteiger partial charge in [0.05, 0.1) is 11.2 Å². The summed E-state index contributed by atoms with van der Waals surface area (Å²) in [5, 5.41) is -0.551. The Bertz CT molecular complexity index is 511. The summed E-state index contributed by atoms with van der Waals surface area (Å²) in [5.74, 6) is -0.959. The van der Waals surface area contributed by atoms with Crippen LogP contribution in [0.5, 0.6) is 0 Å². The number of hydrogen-bond donors (Lipinski definition) is 1. The summed E-state index contributed by atoms with van der Waals surface area (Å²) in [4.78, 5) is 12.0. The van der Waals surface area contributed by atoms with Gasteiger partial charge < -0.3 is 0 Å². The molecule has 1 amide bonds. The van der Waals surface area contributed by atoms with Crippen LogP contribution in [0.1, 0.15) is 45.1 Å². The van der Waals surface area contributed by atoms with Crippen LogP contribution in [-0.2, 0) is 14.8 Å². The Kier molecular flexibility index (Phi) is 5.54. The van der Waals surface area contributed by atoms with Crippen molar-refractivity contribution in [1.29, 1.82) is 0 Å². The van der Waals surface area contributed by atoms with Gasteiger partial charge in [-0.2, -0.15) is 0 Å². The van der Waals surface area contributed by atoms with E-state index >= 15 is 0 Å². The molecule has 0 saturated heterocycles. The molecule has 0 bridgehead atoms. The van der Waals surface area contributed by atoms with Crippen molar-refractivity contribution in [2.75, 3.05) is 0 Å². The highest BCUT2D eigenvalue weighted by molar-refractivity contribution is 7.90. The highest BCUT2D eigenvalue weighted by atomic mass is 32.2. The van der Waals surface area contributed by atoms with Gasteiger partial charge in [0.15, 0.2) is 0 Å². The van der Waals surface area contributed by atoms with E-state index in [9.17, 15) is 13.2 Å². The summed E-state index contributed by atoms with van der Waals surface area (Å²) in [7, 11) is -3.57. The Morgan fingerprint density at radius 3 is 2.32 bits per heavy atom. The third-order valence-electron chi connectivity index (χ3n) is 3.16. The van der Waals surface area contributed by atoms with Crippen molar-refractivity contribution in [3.63, 3.8) is 0 Å². The third kappa shape index (κ3) is 4.35. The molecule has 106 valence electrons. The Balaban J connectivity index is 2.75. The molecule has 0 aliphatic carbocycles. The van der Waals surface area contributed by atoms with Crippen LogP contribution < -0.4 is 4.72 Å². The highest BCUT2D eigenvalue weighted by Crippen LogP contribution is 2.16. The number of hydrogen-bond acceptors (Lipinski definition) is 3. The van der Waals surface area contributed by atoms with E-state index in [1.54, 1.807) is 13.8 Å². The van der Waals surface area contributed by atoms with E-state index in [1.165, 1.54) is 0 Å². The van der Waals surface area contributed by atoms with Crippen molar-refractivity contribution in [1.82, 2.24) is 4.72 Å². The van der Waals surface area contributed by atoms with Crippen LogP contribution in [-0.4, -0.2) is 19.6 Å². The van der Waals surface area contributed by atoms with Crippen molar-refractivity contribution in [2.45, 2.75) is 44.8 Å². The molecule has 19 heavy (non-hydrogen) atoms. The molecule has 0 fully saturated rings. The summed E-state index contributed by atoms with van der Waals surface area (Å²) >= 11 is 0. The van der Waals surface area contributed by atoms with Crippen LogP contribution in [0.2, 0.25) is 0 Å². The van der Waals surface area contributed by atoms with Gasteiger partial charge in [0.2, 0.25) is 15.9 Å². The molecule has 1 rings (SSSR count). The van der Waals surface area contributed by atoms with E-state index in [-0.39, 0.29) is 0 Å². The summed E-state index contributed by atoms with van der Waals surface area (Å²) in [6, 6.07) is 9.13. The zero-order valence-corrected chi connectivity index (χ0v) is 12.4. The zero-order valence-electron chi connectivity index (χ0n) is 11.6. The molecule has 0 heterocycles. The maximum Gasteiger partial charge on any atom is 0.240 e. The molecular formula is C14H21NO3S. The Hall–Kier alpha value is -1.36. The molecule has 1 N–H and O–H groups in total. The minimum atomic E-state index is -3.57. The fourth-order valence-corrected chi connectivity index (χ4v) is 2.99. The summed E-state index contributed by atoms with van der Waals surface area (Å²) < 4.78 is 26.0. The first-order valence-corrected chi connectivity index (χ1v) is 8.03. The molecule has 4 nitrogen and oxygen atoms in total. The second kappa shape index (κ2) is 6.70. The predicted octanol–water partition coefficient (Wildman–Crippen LogP) is 2.42. The lowest BCUT2D eigenvalue weighted by molar-refractivity contribution is -0.120. The number of carbonyl (C=O) groups is 1. The maximum absolute atomic E-state index is 12.0. The molecule has 1 aromatic carbocycles. The SMILES string of the molecule is CCC[C@H](C)S(=O)(=O)NC(=O)[C@@H](C)c1ccccc1. The van der Waals surface area contributed by atoms with Gasteiger partial charge >= 0.3 is 0 Å². The first kappa shape index (κ1) is 15.7. The molecule has 0 aliphatic heterocycles. The van der Waals surface area contributed by atoms with Crippen molar-refractivity contribution in [3.05, 3.63) is 35.9 Å². The molecule has 0 unspecified atom stereocenters. The Morgan fingerprint density at radius 2 is 1.79 bits per heavy atom. The Morgan fingerprint density at radius 1 is 1.21 bits per heavy atom. The fourth-order valence-electron chi connectivity index (χ4n) is 1.78. The normalized spacial score (nSPS) is 14.7. The van der Waals surface area contributed by atoms with Crippen LogP contribution in [0.15, 0.2) is 30.3 Å². The van der Waals surface area contributed by atoms with Crippen LogP contribution in [0.3, 0.4) is 0 Å². The number of amides is 1. The summed E-state index contributed by atoms with van der Waals surface area (Å²) in [6.45, 7) is 5.23. The van der Waals surface area contributed by atoms with Gasteiger partial charge in [0.1, 0.15) is 0 Å². The van der Waals surface area contributed by atoms with Crippen molar-refractivity contribution in [3.8, 4) is 0 Å². The lowest BCUT2D eigenvalue weighted by atomic mass is 10.0. The molecule has 0 radical (unpaired) electrons. The monoisotopic (exact) mass is 283 g/mol. The number of nitrogens with one attached hydrogen (secondary N) is 1. The van der Waals surface area contributed by atoms with Crippen molar-refractivity contribution < 1.29 is 13.2 Å². The molecular weight excluding hydrogens is 262 g/mol. The fraction of sp³-hybridized carbons (Fsp3) is 0.500. The van der Waals surface area contributed by atoms with E-state index in [2.05, 4.69) is 4.72 Å². The van der Waals surface area contributed by atoms with Crippen molar-refractivity contribution >= 4 is 15.9 Å². The smallest absolute Gasteiger partial charge is 0.240 e. The molecule has 0 saturated carbocycles. The van der Waals surface area contributed by atoms with Gasteiger partial charge in [-0.3, -0.25) is 9.52 Å². The molecule has 5 heteroatoms. The lowest BCUT2D eigenvalue weighted by Crippen LogP contribution is -2.39. The van der Waals surface area contributed by atoms with Gasteiger partial charge in [0, 0.05) is 0 Å². The molecule has 2 atom stereocenters. The van der Waals surface area contributed by atoms with Crippen LogP contribution in [0, 0.1) is 0 Å². The Labute approximate surface area is 115 Å². The van der Waals surface area contributed by atoms with Crippen LogP contribution in [0.4, 0.5) is 0 Å². The zero-order chi connectivity index (χ0) is 14.5. The second-order valence-corrected chi connectivity index (χ2v) is 6.84. The van der Waals surface area contributed by atoms with E-state index in [0.29, 0.717) is 6.42 Å². The maximum atomic E-state index is 12.0. The number of benzene rings is 1. The summed E-state index contributed by atoms with van der Waals surface area (Å²) in [5.41, 5.74) is 0.804.